The highest BCUT2D eigenvalue weighted by Gasteiger charge is 2.24. The van der Waals surface area contributed by atoms with Gasteiger partial charge in [0.05, 0.1) is 0 Å². The largest absolute Gasteiger partial charge is 0.335 e. The summed E-state index contributed by atoms with van der Waals surface area (Å²) in [6.07, 6.45) is 2.70. The summed E-state index contributed by atoms with van der Waals surface area (Å²) in [6.45, 7) is 8.34. The highest BCUT2D eigenvalue weighted by molar-refractivity contribution is 7.13. The number of thiazole rings is 1. The topological polar surface area (TPSA) is 39.7 Å². The van der Waals surface area contributed by atoms with Crippen molar-refractivity contribution in [2.75, 3.05) is 52.4 Å². The molecule has 2 aliphatic rings. The van der Waals surface area contributed by atoms with E-state index < -0.39 is 0 Å². The maximum Gasteiger partial charge on any atom is 0.273 e. The molecule has 26 heavy (non-hydrogen) atoms. The molecule has 0 saturated carbocycles. The molecule has 1 aromatic heterocycles. The first kappa shape index (κ1) is 17.6. The first-order valence-corrected chi connectivity index (χ1v) is 10.4. The van der Waals surface area contributed by atoms with Crippen LogP contribution < -0.4 is 0 Å². The highest BCUT2D eigenvalue weighted by Crippen LogP contribution is 2.24. The minimum atomic E-state index is 0.0719. The molecule has 2 aliphatic heterocycles. The molecule has 0 bridgehead atoms. The Balaban J connectivity index is 1.29. The molecule has 0 unspecified atom stereocenters. The van der Waals surface area contributed by atoms with Crippen LogP contribution in [-0.2, 0) is 0 Å². The van der Waals surface area contributed by atoms with Crippen molar-refractivity contribution in [2.24, 2.45) is 0 Å². The van der Waals surface area contributed by atoms with Crippen molar-refractivity contribution in [3.63, 3.8) is 0 Å². The lowest BCUT2D eigenvalue weighted by Crippen LogP contribution is -2.50. The molecule has 5 nitrogen and oxygen atoms in total. The number of nitrogens with zero attached hydrogens (tertiary/aromatic N) is 4. The zero-order valence-corrected chi connectivity index (χ0v) is 16.0. The van der Waals surface area contributed by atoms with E-state index in [9.17, 15) is 4.79 Å². The third kappa shape index (κ3) is 4.14. The number of likely N-dealkylation sites (tertiary alicyclic amines) is 1. The minimum absolute atomic E-state index is 0.0719. The average Bonchev–Trinajstić information content (AvgIpc) is 3.39. The van der Waals surface area contributed by atoms with Crippen LogP contribution in [0.4, 0.5) is 0 Å². The first-order valence-electron chi connectivity index (χ1n) is 9.54. The van der Waals surface area contributed by atoms with E-state index in [1.807, 2.05) is 40.6 Å². The van der Waals surface area contributed by atoms with Gasteiger partial charge < -0.3 is 9.80 Å². The third-order valence-corrected chi connectivity index (χ3v) is 6.23. The summed E-state index contributed by atoms with van der Waals surface area (Å²) < 4.78 is 0. The fourth-order valence-electron chi connectivity index (χ4n) is 3.71. The molecule has 1 aromatic carbocycles. The molecule has 2 fully saturated rings. The smallest absolute Gasteiger partial charge is 0.273 e. The van der Waals surface area contributed by atoms with E-state index >= 15 is 0 Å². The van der Waals surface area contributed by atoms with Crippen LogP contribution in [0.3, 0.4) is 0 Å². The van der Waals surface area contributed by atoms with Gasteiger partial charge in [-0.3, -0.25) is 9.69 Å². The second kappa shape index (κ2) is 8.29. The van der Waals surface area contributed by atoms with Crippen molar-refractivity contribution in [2.45, 2.75) is 12.8 Å². The van der Waals surface area contributed by atoms with Crippen LogP contribution in [0.1, 0.15) is 23.3 Å². The van der Waals surface area contributed by atoms with Gasteiger partial charge in [0.2, 0.25) is 0 Å². The van der Waals surface area contributed by atoms with Gasteiger partial charge in [-0.15, -0.1) is 11.3 Å². The van der Waals surface area contributed by atoms with Crippen LogP contribution >= 0.6 is 11.3 Å². The number of piperazine rings is 1. The van der Waals surface area contributed by atoms with E-state index in [1.165, 1.54) is 32.5 Å². The Kier molecular flexibility index (Phi) is 5.62. The summed E-state index contributed by atoms with van der Waals surface area (Å²) in [5.74, 6) is 0.0719. The van der Waals surface area contributed by atoms with Gasteiger partial charge in [0, 0.05) is 50.2 Å². The predicted octanol–water partition coefficient (Wildman–Crippen LogP) is 2.66. The van der Waals surface area contributed by atoms with Gasteiger partial charge in [-0.1, -0.05) is 30.3 Å². The van der Waals surface area contributed by atoms with Crippen molar-refractivity contribution >= 4 is 17.2 Å². The average molecular weight is 371 g/mol. The molecule has 0 aliphatic carbocycles. The quantitative estimate of drug-likeness (QED) is 0.811. The lowest BCUT2D eigenvalue weighted by atomic mass is 10.2. The highest BCUT2D eigenvalue weighted by atomic mass is 32.1. The second-order valence-electron chi connectivity index (χ2n) is 7.09. The van der Waals surface area contributed by atoms with E-state index in [0.717, 1.165) is 43.3 Å². The van der Waals surface area contributed by atoms with Crippen molar-refractivity contribution in [3.8, 4) is 10.6 Å². The molecule has 2 aromatic rings. The van der Waals surface area contributed by atoms with Crippen LogP contribution in [0.2, 0.25) is 0 Å². The molecular formula is C20H26N4OS. The van der Waals surface area contributed by atoms with Crippen LogP contribution in [0.25, 0.3) is 10.6 Å². The van der Waals surface area contributed by atoms with E-state index in [-0.39, 0.29) is 5.91 Å². The van der Waals surface area contributed by atoms with Gasteiger partial charge in [-0.2, -0.15) is 0 Å². The van der Waals surface area contributed by atoms with Gasteiger partial charge in [0.1, 0.15) is 10.7 Å². The SMILES string of the molecule is O=C(c1csc(-c2ccccc2)n1)N1CCN(CCN2CCCC2)CC1. The fourth-order valence-corrected chi connectivity index (χ4v) is 4.51. The maximum absolute atomic E-state index is 12.8. The number of carbonyl (C=O) groups excluding carboxylic acids is 1. The normalized spacial score (nSPS) is 19.2. The zero-order valence-electron chi connectivity index (χ0n) is 15.1. The number of hydrogen-bond donors (Lipinski definition) is 0. The first-order chi connectivity index (χ1) is 12.8. The number of aromatic nitrogens is 1. The van der Waals surface area contributed by atoms with Crippen molar-refractivity contribution < 1.29 is 4.79 Å². The molecule has 0 radical (unpaired) electrons. The van der Waals surface area contributed by atoms with E-state index in [1.54, 1.807) is 11.3 Å². The van der Waals surface area contributed by atoms with Gasteiger partial charge in [0.25, 0.3) is 5.91 Å². The predicted molar refractivity (Wildman–Crippen MR) is 106 cm³/mol. The van der Waals surface area contributed by atoms with Gasteiger partial charge in [-0.05, 0) is 25.9 Å². The van der Waals surface area contributed by atoms with Gasteiger partial charge in [-0.25, -0.2) is 4.98 Å². The Labute approximate surface area is 159 Å². The lowest BCUT2D eigenvalue weighted by molar-refractivity contribution is 0.0622. The van der Waals surface area contributed by atoms with Crippen LogP contribution in [0.5, 0.6) is 0 Å². The summed E-state index contributed by atoms with van der Waals surface area (Å²) in [7, 11) is 0. The monoisotopic (exact) mass is 370 g/mol. The Hall–Kier alpha value is -1.76. The number of rotatable bonds is 5. The maximum atomic E-state index is 12.8. The molecule has 0 N–H and O–H groups in total. The molecular weight excluding hydrogens is 344 g/mol. The Bertz CT molecular complexity index is 718. The molecule has 0 atom stereocenters. The lowest BCUT2D eigenvalue weighted by Gasteiger charge is -2.35. The van der Waals surface area contributed by atoms with Crippen molar-refractivity contribution in [3.05, 3.63) is 41.4 Å². The standard InChI is InChI=1S/C20H26N4OS/c25-20(18-16-26-19(21-18)17-6-2-1-3-7-17)24-14-12-23(13-15-24)11-10-22-8-4-5-9-22/h1-3,6-7,16H,4-5,8-15H2. The Morgan fingerprint density at radius 2 is 1.58 bits per heavy atom. The summed E-state index contributed by atoms with van der Waals surface area (Å²) in [5, 5.41) is 2.81. The summed E-state index contributed by atoms with van der Waals surface area (Å²) >= 11 is 1.54. The Morgan fingerprint density at radius 3 is 2.27 bits per heavy atom. The van der Waals surface area contributed by atoms with Crippen molar-refractivity contribution in [1.82, 2.24) is 19.7 Å². The summed E-state index contributed by atoms with van der Waals surface area (Å²) in [6, 6.07) is 10.1. The summed E-state index contributed by atoms with van der Waals surface area (Å²) in [5.41, 5.74) is 1.66. The number of benzene rings is 1. The molecule has 138 valence electrons. The van der Waals surface area contributed by atoms with E-state index in [4.69, 9.17) is 0 Å². The number of carbonyl (C=O) groups is 1. The molecule has 6 heteroatoms. The molecule has 4 rings (SSSR count). The zero-order chi connectivity index (χ0) is 17.8. The minimum Gasteiger partial charge on any atom is -0.335 e. The molecule has 2 saturated heterocycles. The fraction of sp³-hybridized carbons (Fsp3) is 0.500. The summed E-state index contributed by atoms with van der Waals surface area (Å²) in [4.78, 5) is 24.3. The van der Waals surface area contributed by atoms with Crippen LogP contribution in [0.15, 0.2) is 35.7 Å². The van der Waals surface area contributed by atoms with Crippen molar-refractivity contribution in [1.29, 1.82) is 0 Å². The molecule has 3 heterocycles. The number of hydrogen-bond acceptors (Lipinski definition) is 5. The third-order valence-electron chi connectivity index (χ3n) is 5.33. The van der Waals surface area contributed by atoms with Gasteiger partial charge >= 0.3 is 0 Å². The Morgan fingerprint density at radius 1 is 0.923 bits per heavy atom. The van der Waals surface area contributed by atoms with E-state index in [2.05, 4.69) is 14.8 Å². The van der Waals surface area contributed by atoms with Gasteiger partial charge in [0.15, 0.2) is 0 Å². The second-order valence-corrected chi connectivity index (χ2v) is 7.94. The molecule has 0 spiro atoms. The molecule has 1 amide bonds. The van der Waals surface area contributed by atoms with Crippen LogP contribution in [0, 0.1) is 0 Å². The van der Waals surface area contributed by atoms with Crippen LogP contribution in [-0.4, -0.2) is 77.9 Å². The number of amides is 1. The van der Waals surface area contributed by atoms with E-state index in [0.29, 0.717) is 5.69 Å².